The summed E-state index contributed by atoms with van der Waals surface area (Å²) in [5.41, 5.74) is 4.27. The number of halogens is 2. The highest BCUT2D eigenvalue weighted by molar-refractivity contribution is 6.09. The van der Waals surface area contributed by atoms with Gasteiger partial charge in [-0.25, -0.2) is 19.2 Å². The molecule has 0 fully saturated rings. The third-order valence-electron chi connectivity index (χ3n) is 4.77. The van der Waals surface area contributed by atoms with Gasteiger partial charge in [-0.05, 0) is 42.8 Å². The second-order valence-corrected chi connectivity index (χ2v) is 6.71. The minimum Gasteiger partial charge on any atom is -0.466 e. The molecule has 0 bridgehead atoms. The number of rotatable bonds is 7. The van der Waals surface area contributed by atoms with Crippen LogP contribution < -0.4 is 16.4 Å². The van der Waals surface area contributed by atoms with Crippen LogP contribution in [-0.4, -0.2) is 36.5 Å². The largest absolute Gasteiger partial charge is 0.466 e. The van der Waals surface area contributed by atoms with Crippen LogP contribution in [0.25, 0.3) is 11.1 Å². The Bertz CT molecular complexity index is 1150. The summed E-state index contributed by atoms with van der Waals surface area (Å²) >= 11 is 0. The lowest BCUT2D eigenvalue weighted by atomic mass is 9.81. The number of aromatic nitrogens is 1. The van der Waals surface area contributed by atoms with Crippen LogP contribution in [0.4, 0.5) is 8.78 Å². The molecule has 0 radical (unpaired) electrons. The van der Waals surface area contributed by atoms with Gasteiger partial charge in [-0.15, -0.1) is 0 Å². The first-order valence-corrected chi connectivity index (χ1v) is 9.61. The number of ether oxygens (including phenoxy) is 1. The number of pyridine rings is 1. The maximum absolute atomic E-state index is 14.7. The van der Waals surface area contributed by atoms with Crippen molar-refractivity contribution in [3.8, 4) is 11.1 Å². The van der Waals surface area contributed by atoms with Crippen molar-refractivity contribution in [1.29, 1.82) is 0 Å². The number of esters is 1. The van der Waals surface area contributed by atoms with E-state index in [1.807, 2.05) is 6.92 Å². The SMILES string of the molecule is CCN/C=C(\C=C\C(=O)OC)[C@@]1(c2ccc(F)c(-c3cccnc3F)c2)N=C(N)NC1=O. The van der Waals surface area contributed by atoms with Gasteiger partial charge in [0, 0.05) is 41.7 Å². The highest BCUT2D eigenvalue weighted by Crippen LogP contribution is 2.40. The monoisotopic (exact) mass is 441 g/mol. The summed E-state index contributed by atoms with van der Waals surface area (Å²) in [6.07, 6.45) is 5.21. The van der Waals surface area contributed by atoms with Crippen molar-refractivity contribution in [3.63, 3.8) is 0 Å². The van der Waals surface area contributed by atoms with Crippen LogP contribution in [0.2, 0.25) is 0 Å². The highest BCUT2D eigenvalue weighted by atomic mass is 19.1. The van der Waals surface area contributed by atoms with Crippen LogP contribution in [0.15, 0.2) is 65.4 Å². The molecular formula is C22H21F2N5O3. The van der Waals surface area contributed by atoms with E-state index in [1.165, 1.54) is 49.8 Å². The van der Waals surface area contributed by atoms with E-state index in [-0.39, 0.29) is 28.2 Å². The molecule has 1 aromatic heterocycles. The minimum atomic E-state index is -1.77. The number of benzene rings is 1. The fraction of sp³-hybridized carbons (Fsp3) is 0.182. The number of nitrogens with two attached hydrogens (primary N) is 1. The molecule has 1 aliphatic heterocycles. The van der Waals surface area contributed by atoms with E-state index < -0.39 is 29.2 Å². The molecule has 3 rings (SSSR count). The van der Waals surface area contributed by atoms with Crippen molar-refractivity contribution in [2.75, 3.05) is 13.7 Å². The summed E-state index contributed by atoms with van der Waals surface area (Å²) in [4.78, 5) is 32.7. The lowest BCUT2D eigenvalue weighted by Gasteiger charge is -2.26. The van der Waals surface area contributed by atoms with Crippen LogP contribution >= 0.6 is 0 Å². The molecule has 1 amide bonds. The zero-order valence-electron chi connectivity index (χ0n) is 17.4. The molecule has 2 heterocycles. The molecule has 10 heteroatoms. The van der Waals surface area contributed by atoms with Crippen molar-refractivity contribution in [1.82, 2.24) is 15.6 Å². The Kier molecular flexibility index (Phi) is 6.62. The van der Waals surface area contributed by atoms with E-state index in [9.17, 15) is 18.4 Å². The number of nitrogens with one attached hydrogen (secondary N) is 2. The smallest absolute Gasteiger partial charge is 0.330 e. The van der Waals surface area contributed by atoms with Gasteiger partial charge in [0.15, 0.2) is 11.5 Å². The Morgan fingerprint density at radius 1 is 1.28 bits per heavy atom. The first-order chi connectivity index (χ1) is 15.3. The number of amides is 1. The predicted octanol–water partition coefficient (Wildman–Crippen LogP) is 1.89. The summed E-state index contributed by atoms with van der Waals surface area (Å²) in [6, 6.07) is 6.60. The molecular weight excluding hydrogens is 420 g/mol. The van der Waals surface area contributed by atoms with Gasteiger partial charge in [-0.1, -0.05) is 6.07 Å². The van der Waals surface area contributed by atoms with Crippen molar-refractivity contribution < 1.29 is 23.1 Å². The lowest BCUT2D eigenvalue weighted by Crippen LogP contribution is -2.40. The molecule has 166 valence electrons. The van der Waals surface area contributed by atoms with Crippen molar-refractivity contribution >= 4 is 17.8 Å². The van der Waals surface area contributed by atoms with Crippen molar-refractivity contribution in [2.45, 2.75) is 12.5 Å². The van der Waals surface area contributed by atoms with E-state index in [1.54, 1.807) is 0 Å². The van der Waals surface area contributed by atoms with Crippen molar-refractivity contribution in [2.24, 2.45) is 10.7 Å². The van der Waals surface area contributed by atoms with E-state index >= 15 is 0 Å². The zero-order chi connectivity index (χ0) is 23.3. The summed E-state index contributed by atoms with van der Waals surface area (Å²) in [5.74, 6) is -3.03. The maximum Gasteiger partial charge on any atom is 0.330 e. The van der Waals surface area contributed by atoms with E-state index in [2.05, 4.69) is 25.3 Å². The normalized spacial score (nSPS) is 18.4. The molecule has 32 heavy (non-hydrogen) atoms. The fourth-order valence-corrected chi connectivity index (χ4v) is 3.28. The molecule has 0 spiro atoms. The predicted molar refractivity (Wildman–Crippen MR) is 114 cm³/mol. The molecule has 4 N–H and O–H groups in total. The quantitative estimate of drug-likeness (QED) is 0.261. The Hall–Kier alpha value is -4.08. The standard InChI is InChI=1S/C22H21F2N5O3/c1-3-26-12-14(7-9-18(30)32-2)22(20(31)28-21(25)29-22)13-6-8-17(23)16(11-13)15-5-4-10-27-19(15)24/h4-12,26H,3H2,1-2H3,(H3,25,28,29,31)/b9-7+,14-12+/t22-/m1/s1. The molecule has 8 nitrogen and oxygen atoms in total. The van der Waals surface area contributed by atoms with Gasteiger partial charge in [0.05, 0.1) is 7.11 Å². The minimum absolute atomic E-state index is 0.0836. The first-order valence-electron chi connectivity index (χ1n) is 9.61. The van der Waals surface area contributed by atoms with E-state index in [4.69, 9.17) is 5.73 Å². The molecule has 1 aliphatic rings. The molecule has 0 saturated heterocycles. The van der Waals surface area contributed by atoms with Crippen LogP contribution in [-0.2, 0) is 19.9 Å². The number of carbonyl (C=O) groups excluding carboxylic acids is 2. The van der Waals surface area contributed by atoms with Crippen molar-refractivity contribution in [3.05, 3.63) is 77.8 Å². The molecule has 1 aromatic carbocycles. The summed E-state index contributed by atoms with van der Waals surface area (Å²) in [5, 5.41) is 5.40. The Morgan fingerprint density at radius 2 is 2.06 bits per heavy atom. The van der Waals surface area contributed by atoms with Crippen LogP contribution in [0.3, 0.4) is 0 Å². The van der Waals surface area contributed by atoms with Gasteiger partial charge in [-0.3, -0.25) is 10.1 Å². The summed E-state index contributed by atoms with van der Waals surface area (Å²) in [7, 11) is 1.21. The molecule has 0 unspecified atom stereocenters. The van der Waals surface area contributed by atoms with Gasteiger partial charge >= 0.3 is 5.97 Å². The Balaban J connectivity index is 2.26. The molecule has 0 aliphatic carbocycles. The number of hydrogen-bond donors (Lipinski definition) is 3. The van der Waals surface area contributed by atoms with Gasteiger partial charge < -0.3 is 15.8 Å². The molecule has 2 aromatic rings. The van der Waals surface area contributed by atoms with Gasteiger partial charge in [0.1, 0.15) is 5.82 Å². The Labute approximate surface area is 182 Å². The topological polar surface area (TPSA) is 119 Å². The van der Waals surface area contributed by atoms with Gasteiger partial charge in [-0.2, -0.15) is 4.39 Å². The number of guanidine groups is 1. The van der Waals surface area contributed by atoms with E-state index in [0.29, 0.717) is 6.54 Å². The average Bonchev–Trinajstić information content (AvgIpc) is 3.08. The number of methoxy groups -OCH3 is 1. The second-order valence-electron chi connectivity index (χ2n) is 6.71. The van der Waals surface area contributed by atoms with Crippen LogP contribution in [0.5, 0.6) is 0 Å². The third-order valence-corrected chi connectivity index (χ3v) is 4.77. The van der Waals surface area contributed by atoms with Crippen LogP contribution in [0, 0.1) is 11.8 Å². The Morgan fingerprint density at radius 3 is 2.69 bits per heavy atom. The second kappa shape index (κ2) is 9.38. The molecule has 0 saturated carbocycles. The first kappa shape index (κ1) is 22.6. The van der Waals surface area contributed by atoms with E-state index in [0.717, 1.165) is 12.1 Å². The van der Waals surface area contributed by atoms with Gasteiger partial charge in [0.25, 0.3) is 5.91 Å². The third kappa shape index (κ3) is 4.20. The summed E-state index contributed by atoms with van der Waals surface area (Å²) in [6.45, 7) is 2.33. The summed E-state index contributed by atoms with van der Waals surface area (Å²) < 4.78 is 33.6. The lowest BCUT2D eigenvalue weighted by molar-refractivity contribution is -0.134. The number of hydrogen-bond acceptors (Lipinski definition) is 7. The number of aliphatic imine (C=N–C) groups is 1. The molecule has 1 atom stereocenters. The average molecular weight is 441 g/mol. The number of carbonyl (C=O) groups is 2. The maximum atomic E-state index is 14.7. The van der Waals surface area contributed by atoms with Crippen LogP contribution in [0.1, 0.15) is 12.5 Å². The highest BCUT2D eigenvalue weighted by Gasteiger charge is 2.48. The van der Waals surface area contributed by atoms with Gasteiger partial charge in [0.2, 0.25) is 5.95 Å². The zero-order valence-corrected chi connectivity index (χ0v) is 17.4. The number of nitrogens with zero attached hydrogens (tertiary/aromatic N) is 2. The fourth-order valence-electron chi connectivity index (χ4n) is 3.28.